The SMILES string of the molecule is Cc1cc(=O)c(O)c(C(CC(=O)N2CCOCC2)c2cc3cccc4c3n(c2=O)CC4)o1. The van der Waals surface area contributed by atoms with Gasteiger partial charge in [-0.3, -0.25) is 14.4 Å². The highest BCUT2D eigenvalue weighted by molar-refractivity contribution is 5.85. The van der Waals surface area contributed by atoms with Crippen LogP contribution in [0.4, 0.5) is 0 Å². The Labute approximate surface area is 183 Å². The third-order valence-electron chi connectivity index (χ3n) is 6.34. The Morgan fingerprint density at radius 1 is 1.16 bits per heavy atom. The van der Waals surface area contributed by atoms with Crippen LogP contribution in [0.25, 0.3) is 10.9 Å². The molecule has 0 saturated carbocycles. The van der Waals surface area contributed by atoms with Crippen LogP contribution in [0.3, 0.4) is 0 Å². The molecular weight excluding hydrogens is 412 g/mol. The molecule has 5 rings (SSSR count). The summed E-state index contributed by atoms with van der Waals surface area (Å²) in [6.07, 6.45) is 0.665. The molecule has 32 heavy (non-hydrogen) atoms. The van der Waals surface area contributed by atoms with Gasteiger partial charge in [-0.15, -0.1) is 0 Å². The van der Waals surface area contributed by atoms with E-state index in [2.05, 4.69) is 0 Å². The number of hydrogen-bond donors (Lipinski definition) is 1. The van der Waals surface area contributed by atoms with Crippen molar-refractivity contribution in [3.63, 3.8) is 0 Å². The number of morpholine rings is 1. The first-order valence-corrected chi connectivity index (χ1v) is 10.8. The molecule has 2 aromatic heterocycles. The molecule has 8 nitrogen and oxygen atoms in total. The van der Waals surface area contributed by atoms with Crippen LogP contribution in [0, 0.1) is 6.92 Å². The van der Waals surface area contributed by atoms with Crippen LogP contribution in [0.5, 0.6) is 5.75 Å². The molecule has 1 aromatic carbocycles. The van der Waals surface area contributed by atoms with Gasteiger partial charge >= 0.3 is 0 Å². The summed E-state index contributed by atoms with van der Waals surface area (Å²) in [7, 11) is 0. The van der Waals surface area contributed by atoms with Gasteiger partial charge in [0.1, 0.15) is 5.76 Å². The zero-order chi connectivity index (χ0) is 22.4. The Bertz CT molecular complexity index is 1330. The van der Waals surface area contributed by atoms with Crippen molar-refractivity contribution in [1.29, 1.82) is 0 Å². The summed E-state index contributed by atoms with van der Waals surface area (Å²) in [5, 5.41) is 11.4. The lowest BCUT2D eigenvalue weighted by Gasteiger charge is -2.28. The van der Waals surface area contributed by atoms with Crippen LogP contribution < -0.4 is 11.0 Å². The molecule has 0 aliphatic carbocycles. The first kappa shape index (κ1) is 20.5. The number of aromatic hydroxyl groups is 1. The molecule has 1 atom stereocenters. The van der Waals surface area contributed by atoms with Gasteiger partial charge in [0.05, 0.1) is 24.6 Å². The molecule has 166 valence electrons. The van der Waals surface area contributed by atoms with Gasteiger partial charge in [-0.1, -0.05) is 18.2 Å². The molecular formula is C24H24N2O6. The molecule has 1 N–H and O–H groups in total. The van der Waals surface area contributed by atoms with E-state index in [4.69, 9.17) is 9.15 Å². The largest absolute Gasteiger partial charge is 0.502 e. The van der Waals surface area contributed by atoms with E-state index in [0.29, 0.717) is 44.2 Å². The van der Waals surface area contributed by atoms with Gasteiger partial charge in [-0.2, -0.15) is 0 Å². The Balaban J connectivity index is 1.67. The number of carbonyl (C=O) groups excluding carboxylic acids is 1. The van der Waals surface area contributed by atoms with E-state index in [-0.39, 0.29) is 23.6 Å². The summed E-state index contributed by atoms with van der Waals surface area (Å²) in [6, 6.07) is 8.84. The minimum atomic E-state index is -0.886. The Morgan fingerprint density at radius 2 is 1.94 bits per heavy atom. The Kier molecular flexibility index (Phi) is 5.09. The zero-order valence-electron chi connectivity index (χ0n) is 17.8. The number of nitrogens with zero attached hydrogens (tertiary/aromatic N) is 2. The van der Waals surface area contributed by atoms with Crippen LogP contribution in [-0.4, -0.2) is 46.8 Å². The lowest BCUT2D eigenvalue weighted by Crippen LogP contribution is -2.41. The van der Waals surface area contributed by atoms with Gasteiger partial charge in [0.2, 0.25) is 17.1 Å². The number of hydrogen-bond acceptors (Lipinski definition) is 6. The van der Waals surface area contributed by atoms with Gasteiger partial charge < -0.3 is 23.7 Å². The molecule has 1 unspecified atom stereocenters. The highest BCUT2D eigenvalue weighted by atomic mass is 16.5. The van der Waals surface area contributed by atoms with E-state index in [9.17, 15) is 19.5 Å². The van der Waals surface area contributed by atoms with Crippen molar-refractivity contribution in [2.24, 2.45) is 0 Å². The number of aryl methyl sites for hydroxylation is 3. The minimum absolute atomic E-state index is 0.0463. The summed E-state index contributed by atoms with van der Waals surface area (Å²) in [6.45, 7) is 3.97. The summed E-state index contributed by atoms with van der Waals surface area (Å²) in [5.41, 5.74) is 1.51. The molecule has 1 amide bonds. The lowest BCUT2D eigenvalue weighted by molar-refractivity contribution is -0.135. The molecule has 8 heteroatoms. The third-order valence-corrected chi connectivity index (χ3v) is 6.34. The van der Waals surface area contributed by atoms with Crippen molar-refractivity contribution in [2.45, 2.75) is 32.2 Å². The molecule has 1 saturated heterocycles. The molecule has 2 aliphatic heterocycles. The van der Waals surface area contributed by atoms with E-state index in [0.717, 1.165) is 22.9 Å². The summed E-state index contributed by atoms with van der Waals surface area (Å²) in [5.74, 6) is -1.38. The van der Waals surface area contributed by atoms with Crippen LogP contribution in [0.2, 0.25) is 0 Å². The van der Waals surface area contributed by atoms with Gasteiger partial charge in [0.15, 0.2) is 5.76 Å². The monoisotopic (exact) mass is 436 g/mol. The van der Waals surface area contributed by atoms with Crippen molar-refractivity contribution >= 4 is 16.8 Å². The number of ether oxygens (including phenoxy) is 1. The molecule has 0 bridgehead atoms. The molecule has 4 heterocycles. The van der Waals surface area contributed by atoms with Gasteiger partial charge in [0, 0.05) is 37.7 Å². The van der Waals surface area contributed by atoms with Gasteiger partial charge in [0.25, 0.3) is 5.56 Å². The number of benzene rings is 1. The standard InChI is InChI=1S/C24H24N2O6/c1-14-11-19(27)22(29)23(32-14)17(13-20(28)25-7-9-31-10-8-25)18-12-16-4-2-3-15-5-6-26(21(15)16)24(18)30/h2-4,11-12,17,29H,5-10,13H2,1H3. The minimum Gasteiger partial charge on any atom is -0.502 e. The fourth-order valence-electron chi connectivity index (χ4n) is 4.76. The Hall–Kier alpha value is -3.39. The van der Waals surface area contributed by atoms with E-state index in [1.54, 1.807) is 22.5 Å². The molecule has 0 spiro atoms. The summed E-state index contributed by atoms with van der Waals surface area (Å²) >= 11 is 0. The average Bonchev–Trinajstić information content (AvgIpc) is 3.23. The van der Waals surface area contributed by atoms with Crippen molar-refractivity contribution < 1.29 is 19.1 Å². The fraction of sp³-hybridized carbons (Fsp3) is 0.375. The number of aromatic nitrogens is 1. The van der Waals surface area contributed by atoms with Crippen LogP contribution >= 0.6 is 0 Å². The number of rotatable bonds is 4. The number of amides is 1. The molecule has 3 aromatic rings. The topological polar surface area (TPSA) is 102 Å². The quantitative estimate of drug-likeness (QED) is 0.670. The molecule has 2 aliphatic rings. The zero-order valence-corrected chi connectivity index (χ0v) is 17.8. The number of pyridine rings is 1. The second-order valence-corrected chi connectivity index (χ2v) is 8.35. The summed E-state index contributed by atoms with van der Waals surface area (Å²) < 4.78 is 12.8. The maximum absolute atomic E-state index is 13.5. The number of para-hydroxylation sites is 1. The van der Waals surface area contributed by atoms with Crippen molar-refractivity contribution in [3.05, 3.63) is 73.6 Å². The van der Waals surface area contributed by atoms with Crippen LogP contribution in [0.15, 0.2) is 44.3 Å². The predicted molar refractivity (Wildman–Crippen MR) is 117 cm³/mol. The van der Waals surface area contributed by atoms with Gasteiger partial charge in [-0.05, 0) is 30.4 Å². The second-order valence-electron chi connectivity index (χ2n) is 8.35. The lowest BCUT2D eigenvalue weighted by atomic mass is 9.91. The van der Waals surface area contributed by atoms with E-state index in [1.165, 1.54) is 6.07 Å². The van der Waals surface area contributed by atoms with Crippen LogP contribution in [-0.2, 0) is 22.5 Å². The van der Waals surface area contributed by atoms with Crippen molar-refractivity contribution in [1.82, 2.24) is 9.47 Å². The van der Waals surface area contributed by atoms with Crippen molar-refractivity contribution in [2.75, 3.05) is 26.3 Å². The fourth-order valence-corrected chi connectivity index (χ4v) is 4.76. The average molecular weight is 436 g/mol. The second kappa shape index (κ2) is 7.94. The normalized spacial score (nSPS) is 16.5. The highest BCUT2D eigenvalue weighted by Gasteiger charge is 2.32. The maximum atomic E-state index is 13.5. The van der Waals surface area contributed by atoms with Crippen LogP contribution in [0.1, 0.15) is 35.0 Å². The van der Waals surface area contributed by atoms with E-state index in [1.807, 2.05) is 18.2 Å². The van der Waals surface area contributed by atoms with E-state index < -0.39 is 17.1 Å². The number of carbonyl (C=O) groups is 1. The molecule has 0 radical (unpaired) electrons. The highest BCUT2D eigenvalue weighted by Crippen LogP contribution is 2.34. The first-order valence-electron chi connectivity index (χ1n) is 10.8. The van der Waals surface area contributed by atoms with Crippen molar-refractivity contribution in [3.8, 4) is 5.75 Å². The first-order chi connectivity index (χ1) is 15.4. The summed E-state index contributed by atoms with van der Waals surface area (Å²) in [4.78, 5) is 40.6. The van der Waals surface area contributed by atoms with E-state index >= 15 is 0 Å². The maximum Gasteiger partial charge on any atom is 0.255 e. The third kappa shape index (κ3) is 3.40. The smallest absolute Gasteiger partial charge is 0.255 e. The molecule has 1 fully saturated rings. The predicted octanol–water partition coefficient (Wildman–Crippen LogP) is 1.91. The van der Waals surface area contributed by atoms with Gasteiger partial charge in [-0.25, -0.2) is 0 Å². The Morgan fingerprint density at radius 3 is 2.72 bits per heavy atom.